The van der Waals surface area contributed by atoms with Crippen LogP contribution in [0.2, 0.25) is 0 Å². The fourth-order valence-corrected chi connectivity index (χ4v) is 1.63. The van der Waals surface area contributed by atoms with E-state index >= 15 is 0 Å². The van der Waals surface area contributed by atoms with Crippen molar-refractivity contribution in [3.05, 3.63) is 29.8 Å². The zero-order chi connectivity index (χ0) is 12.2. The molecule has 0 aliphatic heterocycles. The van der Waals surface area contributed by atoms with Gasteiger partial charge in [0.25, 0.3) is 0 Å². The van der Waals surface area contributed by atoms with Crippen LogP contribution in [0.3, 0.4) is 0 Å². The van der Waals surface area contributed by atoms with E-state index in [0.717, 1.165) is 12.2 Å². The zero-order valence-corrected chi connectivity index (χ0v) is 10.7. The van der Waals surface area contributed by atoms with Crippen molar-refractivity contribution in [1.29, 1.82) is 0 Å². The fraction of sp³-hybridized carbons (Fsp3) is 0.571. The maximum Gasteiger partial charge on any atom is 0.120 e. The monoisotopic (exact) mass is 222 g/mol. The van der Waals surface area contributed by atoms with Crippen LogP contribution < -0.4 is 4.74 Å². The normalized spacial score (nSPS) is 13.6. The first kappa shape index (κ1) is 13.0. The van der Waals surface area contributed by atoms with Crippen LogP contribution in [0, 0.1) is 0 Å². The van der Waals surface area contributed by atoms with Gasteiger partial charge in [-0.25, -0.2) is 0 Å². The standard InChI is InChI=1S/C14H22O2/c1-5-11(10-15)12-6-8-13(9-7-12)16-14(2,3)4/h6-9,11,15H,5,10H2,1-4H3. The second-order valence-electron chi connectivity index (χ2n) is 5.07. The van der Waals surface area contributed by atoms with E-state index in [9.17, 15) is 5.11 Å². The molecule has 0 amide bonds. The van der Waals surface area contributed by atoms with Gasteiger partial charge in [-0.3, -0.25) is 0 Å². The van der Waals surface area contributed by atoms with Crippen molar-refractivity contribution in [1.82, 2.24) is 0 Å². The molecule has 1 N–H and O–H groups in total. The first-order valence-corrected chi connectivity index (χ1v) is 5.86. The van der Waals surface area contributed by atoms with Crippen molar-refractivity contribution in [3.63, 3.8) is 0 Å². The van der Waals surface area contributed by atoms with Gasteiger partial charge in [0.1, 0.15) is 11.4 Å². The van der Waals surface area contributed by atoms with E-state index in [4.69, 9.17) is 4.74 Å². The molecular weight excluding hydrogens is 200 g/mol. The van der Waals surface area contributed by atoms with Crippen LogP contribution >= 0.6 is 0 Å². The summed E-state index contributed by atoms with van der Waals surface area (Å²) >= 11 is 0. The predicted molar refractivity (Wildman–Crippen MR) is 66.9 cm³/mol. The Bertz CT molecular complexity index is 305. The Morgan fingerprint density at radius 1 is 1.19 bits per heavy atom. The minimum absolute atomic E-state index is 0.164. The number of ether oxygens (including phenoxy) is 1. The highest BCUT2D eigenvalue weighted by Crippen LogP contribution is 2.23. The summed E-state index contributed by atoms with van der Waals surface area (Å²) in [4.78, 5) is 0. The first-order chi connectivity index (χ1) is 7.46. The smallest absolute Gasteiger partial charge is 0.120 e. The molecule has 0 spiro atoms. The van der Waals surface area contributed by atoms with Crippen molar-refractivity contribution in [2.45, 2.75) is 45.6 Å². The summed E-state index contributed by atoms with van der Waals surface area (Å²) in [6, 6.07) is 8.01. The van der Waals surface area contributed by atoms with Crippen molar-refractivity contribution in [2.75, 3.05) is 6.61 Å². The minimum atomic E-state index is -0.164. The topological polar surface area (TPSA) is 29.5 Å². The van der Waals surface area contributed by atoms with E-state index in [1.165, 1.54) is 5.56 Å². The third kappa shape index (κ3) is 3.86. The molecule has 0 fully saturated rings. The molecule has 0 saturated heterocycles. The van der Waals surface area contributed by atoms with Crippen molar-refractivity contribution < 1.29 is 9.84 Å². The summed E-state index contributed by atoms with van der Waals surface area (Å²) in [5.74, 6) is 1.12. The third-order valence-electron chi connectivity index (χ3n) is 2.49. The molecular formula is C14H22O2. The molecule has 90 valence electrons. The van der Waals surface area contributed by atoms with Gasteiger partial charge in [-0.1, -0.05) is 19.1 Å². The summed E-state index contributed by atoms with van der Waals surface area (Å²) in [5.41, 5.74) is 1.01. The molecule has 0 radical (unpaired) electrons. The molecule has 2 nitrogen and oxygen atoms in total. The minimum Gasteiger partial charge on any atom is -0.488 e. The third-order valence-corrected chi connectivity index (χ3v) is 2.49. The molecule has 1 rings (SSSR count). The molecule has 0 aromatic heterocycles. The van der Waals surface area contributed by atoms with Crippen molar-refractivity contribution >= 4 is 0 Å². The maximum absolute atomic E-state index is 9.20. The van der Waals surface area contributed by atoms with Gasteiger partial charge in [0.15, 0.2) is 0 Å². The summed E-state index contributed by atoms with van der Waals surface area (Å²) in [5, 5.41) is 9.20. The van der Waals surface area contributed by atoms with Crippen LogP contribution in [0.1, 0.15) is 45.6 Å². The summed E-state index contributed by atoms with van der Waals surface area (Å²) in [6.45, 7) is 8.38. The zero-order valence-electron chi connectivity index (χ0n) is 10.7. The number of rotatable bonds is 4. The maximum atomic E-state index is 9.20. The highest BCUT2D eigenvalue weighted by atomic mass is 16.5. The highest BCUT2D eigenvalue weighted by Gasteiger charge is 2.12. The molecule has 2 heteroatoms. The Labute approximate surface area is 98.3 Å². The molecule has 1 aromatic carbocycles. The van der Waals surface area contributed by atoms with Crippen LogP contribution in [-0.2, 0) is 0 Å². The van der Waals surface area contributed by atoms with Gasteiger partial charge in [0, 0.05) is 12.5 Å². The van der Waals surface area contributed by atoms with Crippen LogP contribution in [0.25, 0.3) is 0 Å². The van der Waals surface area contributed by atoms with E-state index in [2.05, 4.69) is 6.92 Å². The Morgan fingerprint density at radius 2 is 1.75 bits per heavy atom. The number of aliphatic hydroxyl groups excluding tert-OH is 1. The lowest BCUT2D eigenvalue weighted by atomic mass is 9.97. The summed E-state index contributed by atoms with van der Waals surface area (Å²) in [6.07, 6.45) is 0.954. The quantitative estimate of drug-likeness (QED) is 0.846. The molecule has 0 aliphatic rings. The lowest BCUT2D eigenvalue weighted by molar-refractivity contribution is 0.131. The predicted octanol–water partition coefficient (Wildman–Crippen LogP) is 3.35. The summed E-state index contributed by atoms with van der Waals surface area (Å²) < 4.78 is 5.74. The highest BCUT2D eigenvalue weighted by molar-refractivity contribution is 5.29. The van der Waals surface area contributed by atoms with Gasteiger partial charge >= 0.3 is 0 Å². The lowest BCUT2D eigenvalue weighted by Gasteiger charge is -2.21. The van der Waals surface area contributed by atoms with Crippen LogP contribution in [-0.4, -0.2) is 17.3 Å². The van der Waals surface area contributed by atoms with Gasteiger partial charge in [-0.15, -0.1) is 0 Å². The Hall–Kier alpha value is -1.02. The van der Waals surface area contributed by atoms with Gasteiger partial charge < -0.3 is 9.84 Å². The first-order valence-electron chi connectivity index (χ1n) is 5.86. The Balaban J connectivity index is 2.75. The number of hydrogen-bond acceptors (Lipinski definition) is 2. The van der Waals surface area contributed by atoms with E-state index < -0.39 is 0 Å². The molecule has 1 unspecified atom stereocenters. The SMILES string of the molecule is CCC(CO)c1ccc(OC(C)(C)C)cc1. The van der Waals surface area contributed by atoms with Crippen molar-refractivity contribution in [3.8, 4) is 5.75 Å². The average Bonchev–Trinajstić information content (AvgIpc) is 2.20. The fourth-order valence-electron chi connectivity index (χ4n) is 1.63. The van der Waals surface area contributed by atoms with Crippen molar-refractivity contribution in [2.24, 2.45) is 0 Å². The van der Waals surface area contributed by atoms with E-state index in [0.29, 0.717) is 0 Å². The Morgan fingerprint density at radius 3 is 2.12 bits per heavy atom. The lowest BCUT2D eigenvalue weighted by Crippen LogP contribution is -2.22. The number of hydrogen-bond donors (Lipinski definition) is 1. The van der Waals surface area contributed by atoms with Crippen LogP contribution in [0.4, 0.5) is 0 Å². The molecule has 1 aromatic rings. The molecule has 16 heavy (non-hydrogen) atoms. The molecule has 0 heterocycles. The molecule has 0 bridgehead atoms. The van der Waals surface area contributed by atoms with E-state index in [-0.39, 0.29) is 18.1 Å². The van der Waals surface area contributed by atoms with Gasteiger partial charge in [-0.2, -0.15) is 0 Å². The van der Waals surface area contributed by atoms with E-state index in [1.807, 2.05) is 45.0 Å². The summed E-state index contributed by atoms with van der Waals surface area (Å²) in [7, 11) is 0. The van der Waals surface area contributed by atoms with Crippen LogP contribution in [0.5, 0.6) is 5.75 Å². The largest absolute Gasteiger partial charge is 0.488 e. The average molecular weight is 222 g/mol. The molecule has 0 saturated carbocycles. The van der Waals surface area contributed by atoms with Gasteiger partial charge in [0.05, 0.1) is 0 Å². The second-order valence-corrected chi connectivity index (χ2v) is 5.07. The Kier molecular flexibility index (Phi) is 4.36. The molecule has 0 aliphatic carbocycles. The number of aliphatic hydroxyl groups is 1. The van der Waals surface area contributed by atoms with Gasteiger partial charge in [-0.05, 0) is 44.9 Å². The number of benzene rings is 1. The van der Waals surface area contributed by atoms with E-state index in [1.54, 1.807) is 0 Å². The van der Waals surface area contributed by atoms with Gasteiger partial charge in [0.2, 0.25) is 0 Å². The van der Waals surface area contributed by atoms with Crippen LogP contribution in [0.15, 0.2) is 24.3 Å². The molecule has 1 atom stereocenters. The second kappa shape index (κ2) is 5.35.